The Labute approximate surface area is 147 Å². The first-order chi connectivity index (χ1) is 11.0. The van der Waals surface area contributed by atoms with Crippen LogP contribution in [-0.4, -0.2) is 10.2 Å². The molecule has 0 aromatic heterocycles. The molecule has 0 saturated heterocycles. The Hall–Kier alpha value is -1.80. The first-order valence-corrected chi connectivity index (χ1v) is 8.46. The Morgan fingerprint density at radius 1 is 0.792 bits per heavy atom. The molecule has 0 unspecified atom stereocenters. The number of rotatable bonds is 1. The van der Waals surface area contributed by atoms with E-state index in [2.05, 4.69) is 60.6 Å². The van der Waals surface area contributed by atoms with Crippen LogP contribution in [0.15, 0.2) is 42.5 Å². The Bertz CT molecular complexity index is 609. The molecule has 2 N–H and O–H groups in total. The van der Waals surface area contributed by atoms with Crippen LogP contribution in [0.2, 0.25) is 0 Å². The van der Waals surface area contributed by atoms with Gasteiger partial charge in [0, 0.05) is 0 Å². The van der Waals surface area contributed by atoms with E-state index in [0.29, 0.717) is 5.75 Å². The standard InChI is InChI=1S/C15H24O.C7H8O/c1-10-8-11(14(2,3)4)13(16)12(9-10)15(5,6)7;8-6-7-4-2-1-3-5-7/h8-9,16H,1-7H3;1-5,8H,6H2. The Morgan fingerprint density at radius 3 is 1.50 bits per heavy atom. The van der Waals surface area contributed by atoms with Gasteiger partial charge in [0.25, 0.3) is 0 Å². The monoisotopic (exact) mass is 328 g/mol. The van der Waals surface area contributed by atoms with Crippen LogP contribution in [0, 0.1) is 6.92 Å². The fourth-order valence-electron chi connectivity index (χ4n) is 2.51. The number of benzene rings is 2. The molecule has 2 aromatic rings. The third-order valence-corrected chi connectivity index (χ3v) is 3.90. The topological polar surface area (TPSA) is 40.5 Å². The van der Waals surface area contributed by atoms with Crippen LogP contribution in [0.25, 0.3) is 0 Å². The molecular weight excluding hydrogens is 296 g/mol. The largest absolute Gasteiger partial charge is 0.507 e. The first kappa shape index (κ1) is 20.2. The van der Waals surface area contributed by atoms with Crippen molar-refractivity contribution >= 4 is 0 Å². The predicted octanol–water partition coefficient (Wildman–Crippen LogP) is 5.47. The van der Waals surface area contributed by atoms with Gasteiger partial charge in [-0.3, -0.25) is 0 Å². The summed E-state index contributed by atoms with van der Waals surface area (Å²) >= 11 is 0. The highest BCUT2D eigenvalue weighted by molar-refractivity contribution is 5.49. The summed E-state index contributed by atoms with van der Waals surface area (Å²) in [6.07, 6.45) is 0. The van der Waals surface area contributed by atoms with E-state index in [1.54, 1.807) is 0 Å². The summed E-state index contributed by atoms with van der Waals surface area (Å²) in [5.41, 5.74) is 4.22. The molecule has 0 aliphatic carbocycles. The van der Waals surface area contributed by atoms with E-state index in [1.165, 1.54) is 5.56 Å². The molecule has 0 spiro atoms. The fourth-order valence-corrected chi connectivity index (χ4v) is 2.51. The lowest BCUT2D eigenvalue weighted by Gasteiger charge is -2.27. The maximum atomic E-state index is 10.4. The van der Waals surface area contributed by atoms with Crippen LogP contribution in [0.4, 0.5) is 0 Å². The third-order valence-electron chi connectivity index (χ3n) is 3.90. The molecule has 2 heteroatoms. The van der Waals surface area contributed by atoms with Gasteiger partial charge in [-0.1, -0.05) is 89.6 Å². The highest BCUT2D eigenvalue weighted by Crippen LogP contribution is 2.39. The molecule has 2 rings (SSSR count). The Kier molecular flexibility index (Phi) is 6.62. The van der Waals surface area contributed by atoms with Gasteiger partial charge in [0.15, 0.2) is 0 Å². The number of phenols is 1. The number of phenolic OH excluding ortho intramolecular Hbond substituents is 1. The van der Waals surface area contributed by atoms with Gasteiger partial charge in [0.1, 0.15) is 5.75 Å². The lowest BCUT2D eigenvalue weighted by atomic mass is 9.78. The van der Waals surface area contributed by atoms with E-state index >= 15 is 0 Å². The molecule has 132 valence electrons. The van der Waals surface area contributed by atoms with E-state index in [4.69, 9.17) is 5.11 Å². The molecule has 0 amide bonds. The average molecular weight is 328 g/mol. The molecule has 0 radical (unpaired) electrons. The lowest BCUT2D eigenvalue weighted by molar-refractivity contribution is 0.282. The van der Waals surface area contributed by atoms with Crippen molar-refractivity contribution in [3.8, 4) is 5.75 Å². The fraction of sp³-hybridized carbons (Fsp3) is 0.455. The summed E-state index contributed by atoms with van der Waals surface area (Å²) in [5.74, 6) is 0.464. The minimum absolute atomic E-state index is 0.0178. The number of aryl methyl sites for hydroxylation is 1. The third kappa shape index (κ3) is 5.68. The van der Waals surface area contributed by atoms with E-state index in [9.17, 15) is 5.11 Å². The van der Waals surface area contributed by atoms with Crippen LogP contribution in [0.1, 0.15) is 63.8 Å². The molecule has 0 atom stereocenters. The van der Waals surface area contributed by atoms with Gasteiger partial charge >= 0.3 is 0 Å². The van der Waals surface area contributed by atoms with Crippen molar-refractivity contribution in [3.63, 3.8) is 0 Å². The summed E-state index contributed by atoms with van der Waals surface area (Å²) in [7, 11) is 0. The van der Waals surface area contributed by atoms with E-state index in [0.717, 1.165) is 16.7 Å². The highest BCUT2D eigenvalue weighted by atomic mass is 16.3. The highest BCUT2D eigenvalue weighted by Gasteiger charge is 2.25. The Morgan fingerprint density at radius 2 is 1.21 bits per heavy atom. The molecule has 0 aliphatic rings. The second-order valence-corrected chi connectivity index (χ2v) is 8.35. The summed E-state index contributed by atoms with van der Waals surface area (Å²) in [6, 6.07) is 13.7. The van der Waals surface area contributed by atoms with Gasteiger partial charge in [-0.25, -0.2) is 0 Å². The van der Waals surface area contributed by atoms with E-state index < -0.39 is 0 Å². The first-order valence-electron chi connectivity index (χ1n) is 8.46. The summed E-state index contributed by atoms with van der Waals surface area (Å²) < 4.78 is 0. The zero-order valence-corrected chi connectivity index (χ0v) is 16.1. The number of aliphatic hydroxyl groups is 1. The molecule has 0 bridgehead atoms. The molecule has 0 saturated carbocycles. The quantitative estimate of drug-likeness (QED) is 0.728. The minimum atomic E-state index is -0.0178. The van der Waals surface area contributed by atoms with Gasteiger partial charge in [0.05, 0.1) is 6.61 Å². The zero-order valence-electron chi connectivity index (χ0n) is 16.1. The summed E-state index contributed by atoms with van der Waals surface area (Å²) in [5, 5.41) is 18.9. The minimum Gasteiger partial charge on any atom is -0.507 e. The molecule has 24 heavy (non-hydrogen) atoms. The molecule has 2 nitrogen and oxygen atoms in total. The molecular formula is C22H32O2. The van der Waals surface area contributed by atoms with Gasteiger partial charge < -0.3 is 10.2 Å². The van der Waals surface area contributed by atoms with Crippen molar-refractivity contribution in [1.29, 1.82) is 0 Å². The lowest BCUT2D eigenvalue weighted by Crippen LogP contribution is -2.17. The van der Waals surface area contributed by atoms with Crippen molar-refractivity contribution in [2.24, 2.45) is 0 Å². The van der Waals surface area contributed by atoms with Gasteiger partial charge in [-0.05, 0) is 34.4 Å². The van der Waals surface area contributed by atoms with Gasteiger partial charge in [-0.15, -0.1) is 0 Å². The molecule has 0 heterocycles. The van der Waals surface area contributed by atoms with Crippen molar-refractivity contribution in [1.82, 2.24) is 0 Å². The van der Waals surface area contributed by atoms with Gasteiger partial charge in [-0.2, -0.15) is 0 Å². The molecule has 0 fully saturated rings. The van der Waals surface area contributed by atoms with Crippen molar-refractivity contribution in [2.45, 2.75) is 65.9 Å². The van der Waals surface area contributed by atoms with E-state index in [1.807, 2.05) is 30.3 Å². The van der Waals surface area contributed by atoms with Crippen LogP contribution in [-0.2, 0) is 17.4 Å². The summed E-state index contributed by atoms with van der Waals surface area (Å²) in [4.78, 5) is 0. The second-order valence-electron chi connectivity index (χ2n) is 8.35. The number of aliphatic hydroxyl groups excluding tert-OH is 1. The smallest absolute Gasteiger partial charge is 0.123 e. The normalized spacial score (nSPS) is 11.7. The van der Waals surface area contributed by atoms with Crippen LogP contribution in [0.5, 0.6) is 5.75 Å². The molecule has 2 aromatic carbocycles. The van der Waals surface area contributed by atoms with Crippen molar-refractivity contribution in [2.75, 3.05) is 0 Å². The van der Waals surface area contributed by atoms with Crippen LogP contribution >= 0.6 is 0 Å². The average Bonchev–Trinajstić information content (AvgIpc) is 2.48. The predicted molar refractivity (Wildman–Crippen MR) is 103 cm³/mol. The molecule has 0 aliphatic heterocycles. The van der Waals surface area contributed by atoms with Crippen LogP contribution in [0.3, 0.4) is 0 Å². The second kappa shape index (κ2) is 7.85. The number of hydrogen-bond donors (Lipinski definition) is 2. The summed E-state index contributed by atoms with van der Waals surface area (Å²) in [6.45, 7) is 15.0. The Balaban J connectivity index is 0.000000300. The maximum absolute atomic E-state index is 10.4. The SMILES string of the molecule is Cc1cc(C(C)(C)C)c(O)c(C(C)(C)C)c1.OCc1ccccc1. The van der Waals surface area contributed by atoms with Crippen molar-refractivity contribution < 1.29 is 10.2 Å². The van der Waals surface area contributed by atoms with E-state index in [-0.39, 0.29) is 17.4 Å². The zero-order chi connectivity index (χ0) is 18.5. The van der Waals surface area contributed by atoms with Crippen LogP contribution < -0.4 is 0 Å². The maximum Gasteiger partial charge on any atom is 0.123 e. The van der Waals surface area contributed by atoms with Crippen molar-refractivity contribution in [3.05, 3.63) is 64.7 Å². The van der Waals surface area contributed by atoms with Gasteiger partial charge in [0.2, 0.25) is 0 Å². The number of aromatic hydroxyl groups is 1. The number of hydrogen-bond acceptors (Lipinski definition) is 2.